The van der Waals surface area contributed by atoms with Crippen LogP contribution in [-0.4, -0.2) is 35.5 Å². The van der Waals surface area contributed by atoms with Crippen LogP contribution in [0.5, 0.6) is 0 Å². The number of carbonyl (C=O) groups is 1. The summed E-state index contributed by atoms with van der Waals surface area (Å²) < 4.78 is 0.931. The summed E-state index contributed by atoms with van der Waals surface area (Å²) in [4.78, 5) is 21.4. The summed E-state index contributed by atoms with van der Waals surface area (Å²) in [6.45, 7) is 4.17. The van der Waals surface area contributed by atoms with Crippen molar-refractivity contribution in [3.8, 4) is 0 Å². The molecule has 1 amide bonds. The van der Waals surface area contributed by atoms with Gasteiger partial charge in [-0.2, -0.15) is 0 Å². The molecule has 0 bridgehead atoms. The molecule has 6 heteroatoms. The highest BCUT2D eigenvalue weighted by atomic mass is 127. The van der Waals surface area contributed by atoms with Gasteiger partial charge in [0.15, 0.2) is 0 Å². The molecule has 0 atom stereocenters. The van der Waals surface area contributed by atoms with Crippen LogP contribution in [0, 0.1) is 3.57 Å². The van der Waals surface area contributed by atoms with Gasteiger partial charge in [-0.3, -0.25) is 4.79 Å². The van der Waals surface area contributed by atoms with E-state index in [-0.39, 0.29) is 11.9 Å². The topological polar surface area (TPSA) is 58.1 Å². The summed E-state index contributed by atoms with van der Waals surface area (Å²) in [6, 6.07) is 0.158. The van der Waals surface area contributed by atoms with Gasteiger partial charge in [0, 0.05) is 19.3 Å². The molecule has 0 aliphatic carbocycles. The third-order valence-electron chi connectivity index (χ3n) is 1.84. The number of aromatic nitrogens is 2. The van der Waals surface area contributed by atoms with Crippen LogP contribution in [0.2, 0.25) is 0 Å². The molecule has 0 aliphatic heterocycles. The Kier molecular flexibility index (Phi) is 4.91. The fraction of sp³-hybridized carbons (Fsp3) is 0.500. The second kappa shape index (κ2) is 5.97. The predicted molar refractivity (Wildman–Crippen MR) is 71.3 cm³/mol. The number of hydrogen-bond donors (Lipinski definition) is 1. The van der Waals surface area contributed by atoms with Crippen LogP contribution in [0.3, 0.4) is 0 Å². The summed E-state index contributed by atoms with van der Waals surface area (Å²) in [5.41, 5.74) is 0. The van der Waals surface area contributed by atoms with E-state index in [0.29, 0.717) is 6.54 Å². The van der Waals surface area contributed by atoms with Crippen LogP contribution in [0.25, 0.3) is 0 Å². The molecule has 0 aromatic carbocycles. The van der Waals surface area contributed by atoms with Gasteiger partial charge in [-0.1, -0.05) is 0 Å². The van der Waals surface area contributed by atoms with Crippen LogP contribution in [0.4, 0.5) is 5.82 Å². The fourth-order valence-electron chi connectivity index (χ4n) is 1.24. The highest BCUT2D eigenvalue weighted by Crippen LogP contribution is 2.15. The lowest BCUT2D eigenvalue weighted by Crippen LogP contribution is -2.39. The molecule has 0 saturated carbocycles. The first-order chi connectivity index (χ1) is 7.50. The predicted octanol–water partition coefficient (Wildman–Crippen LogP) is 1.04. The summed E-state index contributed by atoms with van der Waals surface area (Å²) >= 11 is 2.15. The molecule has 0 fully saturated rings. The lowest BCUT2D eigenvalue weighted by molar-refractivity contribution is -0.120. The smallest absolute Gasteiger partial charge is 0.239 e. The van der Waals surface area contributed by atoms with Crippen LogP contribution in [-0.2, 0) is 4.79 Å². The van der Waals surface area contributed by atoms with Crippen molar-refractivity contribution in [1.29, 1.82) is 0 Å². The molecule has 5 nitrogen and oxygen atoms in total. The van der Waals surface area contributed by atoms with Gasteiger partial charge in [0.05, 0.1) is 10.1 Å². The summed E-state index contributed by atoms with van der Waals surface area (Å²) in [7, 11) is 1.84. The molecule has 0 unspecified atom stereocenters. The minimum Gasteiger partial charge on any atom is -0.352 e. The number of amides is 1. The van der Waals surface area contributed by atoms with Gasteiger partial charge in [0.25, 0.3) is 0 Å². The minimum absolute atomic E-state index is 0.00749. The van der Waals surface area contributed by atoms with Crippen molar-refractivity contribution in [1.82, 2.24) is 15.3 Å². The fourth-order valence-corrected chi connectivity index (χ4v) is 1.96. The third-order valence-corrected chi connectivity index (χ3v) is 2.60. The van der Waals surface area contributed by atoms with Crippen LogP contribution >= 0.6 is 22.6 Å². The number of nitrogens with one attached hydrogen (secondary N) is 1. The maximum Gasteiger partial charge on any atom is 0.239 e. The molecule has 1 aromatic heterocycles. The molecule has 16 heavy (non-hydrogen) atoms. The van der Waals surface area contributed by atoms with E-state index in [2.05, 4.69) is 37.9 Å². The van der Waals surface area contributed by atoms with E-state index in [1.54, 1.807) is 11.1 Å². The van der Waals surface area contributed by atoms with E-state index in [9.17, 15) is 4.79 Å². The molecule has 0 aliphatic rings. The van der Waals surface area contributed by atoms with Crippen molar-refractivity contribution in [3.63, 3.8) is 0 Å². The first-order valence-corrected chi connectivity index (χ1v) is 6.04. The zero-order valence-corrected chi connectivity index (χ0v) is 11.7. The van der Waals surface area contributed by atoms with Crippen molar-refractivity contribution in [2.75, 3.05) is 18.5 Å². The maximum atomic E-state index is 11.5. The summed E-state index contributed by atoms with van der Waals surface area (Å²) in [5.74, 6) is 0.765. The van der Waals surface area contributed by atoms with Crippen molar-refractivity contribution < 1.29 is 4.79 Å². The van der Waals surface area contributed by atoms with E-state index in [1.807, 2.05) is 20.9 Å². The average molecular weight is 334 g/mol. The number of hydrogen-bond acceptors (Lipinski definition) is 4. The molecular formula is C10H15IN4O. The van der Waals surface area contributed by atoms with E-state index in [4.69, 9.17) is 0 Å². The van der Waals surface area contributed by atoms with Gasteiger partial charge in [-0.15, -0.1) is 0 Å². The molecule has 1 aromatic rings. The lowest BCUT2D eigenvalue weighted by Gasteiger charge is -2.19. The average Bonchev–Trinajstić information content (AvgIpc) is 2.16. The monoisotopic (exact) mass is 334 g/mol. The molecular weight excluding hydrogens is 319 g/mol. The third kappa shape index (κ3) is 3.92. The maximum absolute atomic E-state index is 11.5. The number of carbonyl (C=O) groups excluding carboxylic acids is 1. The Balaban J connectivity index is 2.62. The quantitative estimate of drug-likeness (QED) is 0.836. The highest BCUT2D eigenvalue weighted by molar-refractivity contribution is 14.1. The summed E-state index contributed by atoms with van der Waals surface area (Å²) in [5, 5.41) is 2.84. The molecule has 1 rings (SSSR count). The van der Waals surface area contributed by atoms with E-state index < -0.39 is 0 Å². The van der Waals surface area contributed by atoms with E-state index in [0.717, 1.165) is 9.39 Å². The van der Waals surface area contributed by atoms with Gasteiger partial charge < -0.3 is 10.2 Å². The van der Waals surface area contributed by atoms with E-state index >= 15 is 0 Å². The van der Waals surface area contributed by atoms with Crippen molar-refractivity contribution in [2.24, 2.45) is 0 Å². The zero-order valence-electron chi connectivity index (χ0n) is 9.57. The minimum atomic E-state index is -0.00749. The molecule has 0 radical (unpaired) electrons. The number of likely N-dealkylation sites (N-methyl/N-ethyl adjacent to an activating group) is 1. The van der Waals surface area contributed by atoms with Crippen LogP contribution < -0.4 is 10.2 Å². The number of rotatable bonds is 4. The first kappa shape index (κ1) is 13.1. The first-order valence-electron chi connectivity index (χ1n) is 4.96. The van der Waals surface area contributed by atoms with E-state index in [1.165, 1.54) is 6.33 Å². The molecule has 0 spiro atoms. The normalized spacial score (nSPS) is 10.3. The van der Waals surface area contributed by atoms with Crippen molar-refractivity contribution >= 4 is 34.3 Å². The SMILES string of the molecule is CC(C)NC(=O)CN(C)c1ncncc1I. The highest BCUT2D eigenvalue weighted by Gasteiger charge is 2.11. The molecule has 1 N–H and O–H groups in total. The second-order valence-corrected chi connectivity index (χ2v) is 4.93. The summed E-state index contributed by atoms with van der Waals surface area (Å²) in [6.07, 6.45) is 3.20. The van der Waals surface area contributed by atoms with Gasteiger partial charge in [-0.05, 0) is 36.4 Å². The Morgan fingerprint density at radius 3 is 2.88 bits per heavy atom. The number of nitrogens with zero attached hydrogens (tertiary/aromatic N) is 3. The molecule has 88 valence electrons. The number of anilines is 1. The Bertz CT molecular complexity index is 370. The standard InChI is InChI=1S/C10H15IN4O/c1-7(2)14-9(16)5-15(3)10-8(11)4-12-6-13-10/h4,6-7H,5H2,1-3H3,(H,14,16). The lowest BCUT2D eigenvalue weighted by atomic mass is 10.4. The zero-order chi connectivity index (χ0) is 12.1. The molecule has 0 saturated heterocycles. The van der Waals surface area contributed by atoms with Gasteiger partial charge in [0.1, 0.15) is 12.1 Å². The Morgan fingerprint density at radius 2 is 2.31 bits per heavy atom. The van der Waals surface area contributed by atoms with Crippen LogP contribution in [0.1, 0.15) is 13.8 Å². The van der Waals surface area contributed by atoms with Gasteiger partial charge >= 0.3 is 0 Å². The Hall–Kier alpha value is -0.920. The largest absolute Gasteiger partial charge is 0.352 e. The Labute approximate surface area is 109 Å². The van der Waals surface area contributed by atoms with Crippen molar-refractivity contribution in [2.45, 2.75) is 19.9 Å². The van der Waals surface area contributed by atoms with Crippen molar-refractivity contribution in [3.05, 3.63) is 16.1 Å². The number of halogens is 1. The van der Waals surface area contributed by atoms with Crippen LogP contribution in [0.15, 0.2) is 12.5 Å². The van der Waals surface area contributed by atoms with Gasteiger partial charge in [-0.25, -0.2) is 9.97 Å². The Morgan fingerprint density at radius 1 is 1.62 bits per heavy atom. The van der Waals surface area contributed by atoms with Gasteiger partial charge in [0.2, 0.25) is 5.91 Å². The molecule has 1 heterocycles. The second-order valence-electron chi connectivity index (χ2n) is 3.77.